The zero-order valence-corrected chi connectivity index (χ0v) is 10.2. The third-order valence-corrected chi connectivity index (χ3v) is 2.34. The Bertz CT molecular complexity index is 390. The second-order valence-electron chi connectivity index (χ2n) is 5.07. The molecule has 0 aliphatic rings. The smallest absolute Gasteiger partial charge is 0.320 e. The Morgan fingerprint density at radius 3 is 2.56 bits per heavy atom. The Morgan fingerprint density at radius 1 is 1.62 bits per heavy atom. The van der Waals surface area contributed by atoms with Gasteiger partial charge < -0.3 is 15.4 Å². The van der Waals surface area contributed by atoms with Crippen molar-refractivity contribution in [3.63, 3.8) is 0 Å². The van der Waals surface area contributed by atoms with E-state index in [2.05, 4.69) is 25.8 Å². The van der Waals surface area contributed by atoms with Crippen LogP contribution in [0.2, 0.25) is 0 Å². The van der Waals surface area contributed by atoms with Crippen LogP contribution in [0.15, 0.2) is 6.20 Å². The number of aromatic nitrogens is 2. The summed E-state index contributed by atoms with van der Waals surface area (Å²) >= 11 is 0. The molecular weight excluding hydrogens is 206 g/mol. The lowest BCUT2D eigenvalue weighted by atomic mass is 9.96. The van der Waals surface area contributed by atoms with E-state index in [0.717, 1.165) is 11.5 Å². The van der Waals surface area contributed by atoms with Gasteiger partial charge in [-0.25, -0.2) is 4.98 Å². The van der Waals surface area contributed by atoms with Crippen LogP contribution in [0.1, 0.15) is 32.3 Å². The van der Waals surface area contributed by atoms with Crippen LogP contribution >= 0.6 is 0 Å². The van der Waals surface area contributed by atoms with E-state index in [0.29, 0.717) is 0 Å². The van der Waals surface area contributed by atoms with Crippen LogP contribution in [0.3, 0.4) is 0 Å². The van der Waals surface area contributed by atoms with Crippen molar-refractivity contribution in [1.82, 2.24) is 9.55 Å². The van der Waals surface area contributed by atoms with E-state index in [1.807, 2.05) is 17.8 Å². The predicted molar refractivity (Wildman–Crippen MR) is 61.2 cm³/mol. The summed E-state index contributed by atoms with van der Waals surface area (Å²) in [6.45, 7) is 6.20. The van der Waals surface area contributed by atoms with Gasteiger partial charge in [-0.05, 0) is 0 Å². The second kappa shape index (κ2) is 4.25. The molecule has 0 aromatic carbocycles. The van der Waals surface area contributed by atoms with Crippen LogP contribution < -0.4 is 5.73 Å². The highest BCUT2D eigenvalue weighted by Crippen LogP contribution is 2.20. The first kappa shape index (κ1) is 12.7. The summed E-state index contributed by atoms with van der Waals surface area (Å²) in [6.07, 6.45) is 2.10. The van der Waals surface area contributed by atoms with Gasteiger partial charge in [0.15, 0.2) is 0 Å². The molecule has 0 fully saturated rings. The fraction of sp³-hybridized carbons (Fsp3) is 0.636. The molecule has 0 saturated heterocycles. The van der Waals surface area contributed by atoms with E-state index in [4.69, 9.17) is 10.8 Å². The molecule has 0 spiro atoms. The van der Waals surface area contributed by atoms with Crippen LogP contribution in [0, 0.1) is 0 Å². The number of aryl methyl sites for hydroxylation is 1. The summed E-state index contributed by atoms with van der Waals surface area (Å²) < 4.78 is 1.92. The van der Waals surface area contributed by atoms with Crippen molar-refractivity contribution in [2.24, 2.45) is 12.8 Å². The first-order chi connectivity index (χ1) is 7.21. The number of imidazole rings is 1. The van der Waals surface area contributed by atoms with Crippen LogP contribution in [-0.4, -0.2) is 26.7 Å². The zero-order valence-electron chi connectivity index (χ0n) is 10.2. The number of rotatable bonds is 3. The van der Waals surface area contributed by atoms with Gasteiger partial charge in [-0.15, -0.1) is 0 Å². The number of carbonyl (C=O) groups is 1. The lowest BCUT2D eigenvalue weighted by molar-refractivity contribution is -0.138. The van der Waals surface area contributed by atoms with Gasteiger partial charge in [0.25, 0.3) is 0 Å². The summed E-state index contributed by atoms with van der Waals surface area (Å²) in [5, 5.41) is 8.72. The van der Waals surface area contributed by atoms with E-state index in [9.17, 15) is 4.79 Å². The van der Waals surface area contributed by atoms with Crippen LogP contribution in [0.5, 0.6) is 0 Å². The van der Waals surface area contributed by atoms with Gasteiger partial charge in [0.2, 0.25) is 0 Å². The minimum absolute atomic E-state index is 0.0552. The minimum atomic E-state index is -0.997. The molecule has 5 heteroatoms. The molecule has 0 aliphatic heterocycles. The van der Waals surface area contributed by atoms with Crippen molar-refractivity contribution in [2.75, 3.05) is 0 Å². The normalized spacial score (nSPS) is 13.8. The van der Waals surface area contributed by atoms with E-state index in [1.165, 1.54) is 0 Å². The molecule has 1 aromatic rings. The molecule has 1 heterocycles. The number of aliphatic carboxylic acids is 1. The summed E-state index contributed by atoms with van der Waals surface area (Å²) in [7, 11) is 1.91. The van der Waals surface area contributed by atoms with Gasteiger partial charge in [0, 0.05) is 25.1 Å². The number of nitrogens with zero attached hydrogens (tertiary/aromatic N) is 2. The molecule has 0 amide bonds. The molecule has 0 bridgehead atoms. The molecule has 1 rings (SSSR count). The van der Waals surface area contributed by atoms with Gasteiger partial charge in [0.1, 0.15) is 11.9 Å². The molecule has 3 N–H and O–H groups in total. The van der Waals surface area contributed by atoms with Gasteiger partial charge in [-0.1, -0.05) is 20.8 Å². The summed E-state index contributed by atoms with van der Waals surface area (Å²) in [5.41, 5.74) is 6.14. The second-order valence-corrected chi connectivity index (χ2v) is 5.07. The van der Waals surface area contributed by atoms with E-state index < -0.39 is 12.0 Å². The van der Waals surface area contributed by atoms with E-state index in [-0.39, 0.29) is 11.8 Å². The lowest BCUT2D eigenvalue weighted by Crippen LogP contribution is -2.32. The molecule has 1 aromatic heterocycles. The summed E-state index contributed by atoms with van der Waals surface area (Å²) in [4.78, 5) is 15.1. The third-order valence-electron chi connectivity index (χ3n) is 2.34. The number of carboxylic acids is 1. The monoisotopic (exact) mass is 225 g/mol. The fourth-order valence-electron chi connectivity index (χ4n) is 1.64. The molecule has 90 valence electrons. The fourth-order valence-corrected chi connectivity index (χ4v) is 1.64. The lowest BCUT2D eigenvalue weighted by Gasteiger charge is -2.17. The Balaban J connectivity index is 2.90. The SMILES string of the molecule is Cn1cc(C[C@H](N)C(=O)O)nc1C(C)(C)C. The number of hydrogen-bond donors (Lipinski definition) is 2. The van der Waals surface area contributed by atoms with Crippen molar-refractivity contribution in [1.29, 1.82) is 0 Å². The molecule has 5 nitrogen and oxygen atoms in total. The Labute approximate surface area is 95.3 Å². The largest absolute Gasteiger partial charge is 0.480 e. The minimum Gasteiger partial charge on any atom is -0.480 e. The van der Waals surface area contributed by atoms with Crippen LogP contribution in [-0.2, 0) is 23.7 Å². The predicted octanol–water partition coefficient (Wildman–Crippen LogP) is 0.672. The standard InChI is InChI=1S/C11H19N3O2/c1-11(2,3)10-13-7(6-14(10)4)5-8(12)9(15)16/h6,8H,5,12H2,1-4H3,(H,15,16)/t8-/m0/s1. The maximum absolute atomic E-state index is 10.6. The Hall–Kier alpha value is -1.36. The molecule has 1 atom stereocenters. The summed E-state index contributed by atoms with van der Waals surface area (Å²) in [6, 6.07) is -0.886. The average Bonchev–Trinajstić information content (AvgIpc) is 2.45. The zero-order chi connectivity index (χ0) is 12.5. The molecular formula is C11H19N3O2. The van der Waals surface area contributed by atoms with Crippen molar-refractivity contribution < 1.29 is 9.90 Å². The quantitative estimate of drug-likeness (QED) is 0.792. The summed E-state index contributed by atoms with van der Waals surface area (Å²) in [5.74, 6) is -0.0666. The van der Waals surface area contributed by atoms with Gasteiger partial charge in [-0.3, -0.25) is 4.79 Å². The first-order valence-electron chi connectivity index (χ1n) is 5.23. The average molecular weight is 225 g/mol. The molecule has 0 unspecified atom stereocenters. The van der Waals surface area contributed by atoms with E-state index >= 15 is 0 Å². The van der Waals surface area contributed by atoms with Crippen molar-refractivity contribution in [3.05, 3.63) is 17.7 Å². The third kappa shape index (κ3) is 2.82. The molecule has 0 saturated carbocycles. The van der Waals surface area contributed by atoms with Crippen LogP contribution in [0.4, 0.5) is 0 Å². The number of hydrogen-bond acceptors (Lipinski definition) is 3. The first-order valence-corrected chi connectivity index (χ1v) is 5.23. The van der Waals surface area contributed by atoms with Gasteiger partial charge in [-0.2, -0.15) is 0 Å². The molecule has 16 heavy (non-hydrogen) atoms. The number of nitrogens with two attached hydrogens (primary N) is 1. The van der Waals surface area contributed by atoms with Crippen molar-refractivity contribution in [3.8, 4) is 0 Å². The topological polar surface area (TPSA) is 81.1 Å². The highest BCUT2D eigenvalue weighted by atomic mass is 16.4. The van der Waals surface area contributed by atoms with Gasteiger partial charge >= 0.3 is 5.97 Å². The molecule has 0 radical (unpaired) electrons. The molecule has 0 aliphatic carbocycles. The van der Waals surface area contributed by atoms with Crippen molar-refractivity contribution in [2.45, 2.75) is 38.6 Å². The van der Waals surface area contributed by atoms with Crippen molar-refractivity contribution >= 4 is 5.97 Å². The maximum Gasteiger partial charge on any atom is 0.320 e. The Kier molecular flexibility index (Phi) is 3.38. The number of carboxylic acid groups (broad SMARTS) is 1. The van der Waals surface area contributed by atoms with Crippen LogP contribution in [0.25, 0.3) is 0 Å². The van der Waals surface area contributed by atoms with Gasteiger partial charge in [0.05, 0.1) is 5.69 Å². The highest BCUT2D eigenvalue weighted by molar-refractivity contribution is 5.73. The van der Waals surface area contributed by atoms with E-state index in [1.54, 1.807) is 0 Å². The Morgan fingerprint density at radius 2 is 2.19 bits per heavy atom. The maximum atomic E-state index is 10.6. The highest BCUT2D eigenvalue weighted by Gasteiger charge is 2.21.